The van der Waals surface area contributed by atoms with Gasteiger partial charge in [0.1, 0.15) is 17.7 Å². The quantitative estimate of drug-likeness (QED) is 0.382. The minimum atomic E-state index is -0.961. The molecule has 216 valence electrons. The van der Waals surface area contributed by atoms with E-state index < -0.39 is 35.7 Å². The molecule has 2 aromatic carbocycles. The Labute approximate surface area is 236 Å². The number of hydrogen-bond acceptors (Lipinski definition) is 6. The van der Waals surface area contributed by atoms with Crippen LogP contribution in [0, 0.1) is 6.92 Å². The number of rotatable bonds is 12. The van der Waals surface area contributed by atoms with Crippen LogP contribution < -0.4 is 10.6 Å². The third-order valence-corrected chi connectivity index (χ3v) is 6.41. The van der Waals surface area contributed by atoms with Crippen molar-refractivity contribution in [3.8, 4) is 0 Å². The van der Waals surface area contributed by atoms with E-state index in [0.717, 1.165) is 24.0 Å². The molecule has 0 aliphatic heterocycles. The second-order valence-electron chi connectivity index (χ2n) is 11.0. The Morgan fingerprint density at radius 1 is 1.00 bits per heavy atom. The van der Waals surface area contributed by atoms with Gasteiger partial charge in [0.2, 0.25) is 11.8 Å². The Kier molecular flexibility index (Phi) is 10.7. The van der Waals surface area contributed by atoms with Crippen LogP contribution in [-0.4, -0.2) is 59.6 Å². The van der Waals surface area contributed by atoms with Gasteiger partial charge < -0.3 is 25.0 Å². The smallest absolute Gasteiger partial charge is 0.408 e. The molecule has 2 atom stereocenters. The first-order valence-electron chi connectivity index (χ1n) is 13.8. The lowest BCUT2D eigenvalue weighted by atomic mass is 9.97. The molecule has 2 N–H and O–H groups in total. The van der Waals surface area contributed by atoms with E-state index >= 15 is 0 Å². The fourth-order valence-corrected chi connectivity index (χ4v) is 4.48. The Bertz CT molecular complexity index is 1170. The summed E-state index contributed by atoms with van der Waals surface area (Å²) in [5.41, 5.74) is 1.65. The number of nitrogens with zero attached hydrogens (tertiary/aromatic N) is 1. The zero-order valence-electron chi connectivity index (χ0n) is 24.1. The fraction of sp³-hybridized carbons (Fsp3) is 0.484. The summed E-state index contributed by atoms with van der Waals surface area (Å²) >= 11 is 0. The minimum Gasteiger partial charge on any atom is -0.466 e. The van der Waals surface area contributed by atoms with Gasteiger partial charge >= 0.3 is 12.1 Å². The van der Waals surface area contributed by atoms with E-state index in [1.807, 2.05) is 61.5 Å². The molecule has 1 aliphatic rings. The van der Waals surface area contributed by atoms with Gasteiger partial charge in [0.15, 0.2) is 0 Å². The number of alkyl carbamates (subject to hydrolysis) is 1. The Hall–Kier alpha value is -3.88. The second-order valence-corrected chi connectivity index (χ2v) is 11.0. The van der Waals surface area contributed by atoms with Crippen molar-refractivity contribution in [1.29, 1.82) is 0 Å². The number of esters is 1. The molecule has 3 amide bonds. The van der Waals surface area contributed by atoms with E-state index in [2.05, 4.69) is 10.6 Å². The van der Waals surface area contributed by atoms with Crippen molar-refractivity contribution in [2.75, 3.05) is 13.2 Å². The molecule has 1 saturated carbocycles. The number of nitrogens with one attached hydrogen (secondary N) is 2. The highest BCUT2D eigenvalue weighted by molar-refractivity contribution is 5.93. The van der Waals surface area contributed by atoms with Crippen molar-refractivity contribution in [2.45, 2.75) is 84.0 Å². The van der Waals surface area contributed by atoms with E-state index in [9.17, 15) is 19.2 Å². The molecule has 9 heteroatoms. The molecular formula is C31H41N3O6. The van der Waals surface area contributed by atoms with E-state index in [-0.39, 0.29) is 37.9 Å². The van der Waals surface area contributed by atoms with Crippen LogP contribution in [-0.2, 0) is 30.3 Å². The molecule has 0 saturated heterocycles. The van der Waals surface area contributed by atoms with Gasteiger partial charge in [0.05, 0.1) is 13.0 Å². The van der Waals surface area contributed by atoms with Gasteiger partial charge in [-0.25, -0.2) is 4.79 Å². The van der Waals surface area contributed by atoms with Gasteiger partial charge in [-0.3, -0.25) is 14.4 Å². The zero-order chi connectivity index (χ0) is 29.3. The van der Waals surface area contributed by atoms with Crippen LogP contribution in [0.2, 0.25) is 0 Å². The van der Waals surface area contributed by atoms with Crippen molar-refractivity contribution in [3.05, 3.63) is 71.3 Å². The summed E-state index contributed by atoms with van der Waals surface area (Å²) in [5, 5.41) is 5.60. The number of amides is 3. The third kappa shape index (κ3) is 9.10. The summed E-state index contributed by atoms with van der Waals surface area (Å²) in [6.45, 7) is 9.22. The van der Waals surface area contributed by atoms with Crippen LogP contribution in [0.5, 0.6) is 0 Å². The molecule has 9 nitrogen and oxygen atoms in total. The molecule has 0 bridgehead atoms. The van der Waals surface area contributed by atoms with Crippen molar-refractivity contribution in [1.82, 2.24) is 15.5 Å². The van der Waals surface area contributed by atoms with Crippen molar-refractivity contribution < 1.29 is 28.7 Å². The van der Waals surface area contributed by atoms with Crippen LogP contribution in [0.1, 0.15) is 69.7 Å². The molecule has 3 rings (SSSR count). The first-order valence-corrected chi connectivity index (χ1v) is 13.8. The molecule has 1 fully saturated rings. The van der Waals surface area contributed by atoms with Crippen molar-refractivity contribution in [3.63, 3.8) is 0 Å². The molecule has 0 spiro atoms. The predicted octanol–water partition coefficient (Wildman–Crippen LogP) is 4.23. The standard InChI is InChI=1S/C31H41N3O6/c1-6-39-26(35)18-19-32-28(36)27(24-15-11-10-12-21(24)2)34(23-16-17-23)29(37)25(20-22-13-8-7-9-14-22)33-30(38)40-31(3,4)5/h7-15,23,25,27H,6,16-20H2,1-5H3,(H,32,36)(H,33,38). The van der Waals surface area contributed by atoms with Gasteiger partial charge in [-0.1, -0.05) is 54.6 Å². The van der Waals surface area contributed by atoms with Crippen LogP contribution in [0.4, 0.5) is 4.79 Å². The summed E-state index contributed by atoms with van der Waals surface area (Å²) in [5.74, 6) is -1.17. The maximum Gasteiger partial charge on any atom is 0.408 e. The first kappa shape index (κ1) is 30.7. The summed E-state index contributed by atoms with van der Waals surface area (Å²) in [6, 6.07) is 14.8. The van der Waals surface area contributed by atoms with E-state index in [0.29, 0.717) is 5.56 Å². The average Bonchev–Trinajstić information content (AvgIpc) is 3.72. The lowest BCUT2D eigenvalue weighted by Crippen LogP contribution is -2.54. The van der Waals surface area contributed by atoms with Crippen LogP contribution >= 0.6 is 0 Å². The minimum absolute atomic E-state index is 0.0221. The van der Waals surface area contributed by atoms with Crippen LogP contribution in [0.25, 0.3) is 0 Å². The molecule has 1 aliphatic carbocycles. The number of hydrogen-bond donors (Lipinski definition) is 2. The third-order valence-electron chi connectivity index (χ3n) is 6.41. The highest BCUT2D eigenvalue weighted by Gasteiger charge is 2.44. The summed E-state index contributed by atoms with van der Waals surface area (Å²) in [6.07, 6.45) is 1.04. The molecule has 2 unspecified atom stereocenters. The Morgan fingerprint density at radius 3 is 2.25 bits per heavy atom. The molecule has 0 radical (unpaired) electrons. The maximum atomic E-state index is 14.3. The molecule has 2 aromatic rings. The largest absolute Gasteiger partial charge is 0.466 e. The number of benzene rings is 2. The number of ether oxygens (including phenoxy) is 2. The van der Waals surface area contributed by atoms with Crippen molar-refractivity contribution in [2.24, 2.45) is 0 Å². The topological polar surface area (TPSA) is 114 Å². The van der Waals surface area contributed by atoms with Crippen LogP contribution in [0.3, 0.4) is 0 Å². The highest BCUT2D eigenvalue weighted by Crippen LogP contribution is 2.36. The van der Waals surface area contributed by atoms with Gasteiger partial charge in [-0.2, -0.15) is 0 Å². The summed E-state index contributed by atoms with van der Waals surface area (Å²) < 4.78 is 10.4. The normalized spacial score (nSPS) is 14.4. The second kappa shape index (κ2) is 14.0. The lowest BCUT2D eigenvalue weighted by Gasteiger charge is -2.35. The monoisotopic (exact) mass is 551 g/mol. The zero-order valence-corrected chi connectivity index (χ0v) is 24.1. The Balaban J connectivity index is 1.95. The van der Waals surface area contributed by atoms with E-state index in [1.165, 1.54) is 0 Å². The number of aryl methyl sites for hydroxylation is 1. The average molecular weight is 552 g/mol. The first-order chi connectivity index (χ1) is 19.0. The molecule has 40 heavy (non-hydrogen) atoms. The van der Waals surface area contributed by atoms with Crippen LogP contribution in [0.15, 0.2) is 54.6 Å². The summed E-state index contributed by atoms with van der Waals surface area (Å²) in [7, 11) is 0. The number of carbonyl (C=O) groups excluding carboxylic acids is 4. The van der Waals surface area contributed by atoms with Gasteiger partial charge in [0, 0.05) is 19.0 Å². The Morgan fingerprint density at radius 2 is 1.65 bits per heavy atom. The molecule has 0 heterocycles. The maximum absolute atomic E-state index is 14.3. The molecule has 0 aromatic heterocycles. The van der Waals surface area contributed by atoms with E-state index in [1.54, 1.807) is 32.6 Å². The lowest BCUT2D eigenvalue weighted by molar-refractivity contribution is -0.144. The van der Waals surface area contributed by atoms with Gasteiger partial charge in [-0.15, -0.1) is 0 Å². The highest BCUT2D eigenvalue weighted by atomic mass is 16.6. The SMILES string of the molecule is CCOC(=O)CCNC(=O)C(c1ccccc1C)N(C(=O)C(Cc1ccccc1)NC(=O)OC(C)(C)C)C1CC1. The number of carbonyl (C=O) groups is 4. The van der Waals surface area contributed by atoms with Gasteiger partial charge in [-0.05, 0) is 64.2 Å². The summed E-state index contributed by atoms with van der Waals surface area (Å²) in [4.78, 5) is 54.4. The van der Waals surface area contributed by atoms with E-state index in [4.69, 9.17) is 9.47 Å². The fourth-order valence-electron chi connectivity index (χ4n) is 4.48. The van der Waals surface area contributed by atoms with Crippen molar-refractivity contribution >= 4 is 23.9 Å². The molecular weight excluding hydrogens is 510 g/mol. The van der Waals surface area contributed by atoms with Gasteiger partial charge in [0.25, 0.3) is 0 Å². The predicted molar refractivity (Wildman–Crippen MR) is 151 cm³/mol.